The summed E-state index contributed by atoms with van der Waals surface area (Å²) in [6, 6.07) is 3.71. The third kappa shape index (κ3) is 3.84. The quantitative estimate of drug-likeness (QED) is 0.659. The summed E-state index contributed by atoms with van der Waals surface area (Å²) >= 11 is 0. The molecule has 0 fully saturated rings. The lowest BCUT2D eigenvalue weighted by molar-refractivity contribution is 0.0535. The molecule has 23 heavy (non-hydrogen) atoms. The van der Waals surface area contributed by atoms with Crippen molar-refractivity contribution in [2.45, 2.75) is 65.0 Å². The minimum atomic E-state index is -1.85. The van der Waals surface area contributed by atoms with Gasteiger partial charge in [0, 0.05) is 12.0 Å². The van der Waals surface area contributed by atoms with E-state index in [0.29, 0.717) is 25.2 Å². The molecule has 1 unspecified atom stereocenters. The molecular weight excluding hydrogens is 308 g/mol. The van der Waals surface area contributed by atoms with Gasteiger partial charge < -0.3 is 14.3 Å². The van der Waals surface area contributed by atoms with Gasteiger partial charge in [0.2, 0.25) is 0 Å². The summed E-state index contributed by atoms with van der Waals surface area (Å²) in [4.78, 5) is 11.6. The Bertz CT molecular complexity index is 602. The van der Waals surface area contributed by atoms with E-state index in [4.69, 9.17) is 9.16 Å². The number of hydrogen-bond donors (Lipinski definition) is 1. The number of ether oxygens (including phenoxy) is 1. The average Bonchev–Trinajstić information content (AvgIpc) is 2.81. The van der Waals surface area contributed by atoms with Crippen LogP contribution in [0.15, 0.2) is 12.1 Å². The highest BCUT2D eigenvalue weighted by molar-refractivity contribution is 6.74. The fourth-order valence-corrected chi connectivity index (χ4v) is 3.50. The minimum absolute atomic E-state index is 0.133. The summed E-state index contributed by atoms with van der Waals surface area (Å²) in [5, 5.41) is 10.5. The molecule has 5 heteroatoms. The molecule has 0 bridgehead atoms. The molecule has 128 valence electrons. The second kappa shape index (κ2) is 6.38. The van der Waals surface area contributed by atoms with Gasteiger partial charge in [-0.05, 0) is 42.2 Å². The molecule has 0 spiro atoms. The molecule has 2 rings (SSSR count). The Morgan fingerprint density at radius 3 is 2.61 bits per heavy atom. The zero-order chi connectivity index (χ0) is 17.4. The number of esters is 1. The second-order valence-corrected chi connectivity index (χ2v) is 12.7. The van der Waals surface area contributed by atoms with Gasteiger partial charge in [-0.2, -0.15) is 0 Å². The van der Waals surface area contributed by atoms with E-state index in [1.165, 1.54) is 0 Å². The highest BCUT2D eigenvalue weighted by Gasteiger charge is 2.37. The summed E-state index contributed by atoms with van der Waals surface area (Å²) in [6.45, 7) is 13.6. The number of cyclic esters (lactones) is 1. The first-order chi connectivity index (χ1) is 10.5. The van der Waals surface area contributed by atoms with Gasteiger partial charge in [0.15, 0.2) is 8.32 Å². The molecule has 1 heterocycles. The Kier molecular flexibility index (Phi) is 5.04. The largest absolute Gasteiger partial charge is 0.457 e. The molecule has 1 aromatic carbocycles. The lowest BCUT2D eigenvalue weighted by Gasteiger charge is -2.36. The smallest absolute Gasteiger partial charge is 0.338 e. The van der Waals surface area contributed by atoms with E-state index >= 15 is 0 Å². The molecule has 1 N–H and O–H groups in total. The van der Waals surface area contributed by atoms with Crippen LogP contribution in [0.4, 0.5) is 0 Å². The van der Waals surface area contributed by atoms with Gasteiger partial charge in [-0.3, -0.25) is 0 Å². The predicted molar refractivity (Wildman–Crippen MR) is 93.2 cm³/mol. The van der Waals surface area contributed by atoms with Crippen LogP contribution >= 0.6 is 0 Å². The zero-order valence-electron chi connectivity index (χ0n) is 15.0. The van der Waals surface area contributed by atoms with E-state index < -0.39 is 14.4 Å². The van der Waals surface area contributed by atoms with Crippen molar-refractivity contribution in [2.24, 2.45) is 0 Å². The standard InChI is InChI=1S/C18H28O4Si/c1-12-13(7-8-15-16(12)11-21-17(15)20)9-14(19)10-22-23(5,6)18(2,3)4/h7-8,14,19H,9-11H2,1-6H3. The van der Waals surface area contributed by atoms with Crippen LogP contribution in [0.3, 0.4) is 0 Å². The number of aliphatic hydroxyl groups is 1. The summed E-state index contributed by atoms with van der Waals surface area (Å²) in [7, 11) is -1.85. The molecule has 0 aliphatic carbocycles. The number of fused-ring (bicyclic) bond motifs is 1. The topological polar surface area (TPSA) is 55.8 Å². The highest BCUT2D eigenvalue weighted by Crippen LogP contribution is 2.36. The van der Waals surface area contributed by atoms with Gasteiger partial charge in [-0.25, -0.2) is 4.79 Å². The van der Waals surface area contributed by atoms with Gasteiger partial charge >= 0.3 is 5.97 Å². The molecular formula is C18H28O4Si. The summed E-state index contributed by atoms with van der Waals surface area (Å²) in [5.74, 6) is -0.253. The average molecular weight is 337 g/mol. The summed E-state index contributed by atoms with van der Waals surface area (Å²) < 4.78 is 11.2. The normalized spacial score (nSPS) is 16.2. The maximum Gasteiger partial charge on any atom is 0.338 e. The lowest BCUT2D eigenvalue weighted by atomic mass is 9.95. The number of benzene rings is 1. The molecule has 0 saturated carbocycles. The van der Waals surface area contributed by atoms with Crippen LogP contribution in [-0.2, 0) is 22.2 Å². The highest BCUT2D eigenvalue weighted by atomic mass is 28.4. The van der Waals surface area contributed by atoms with Crippen molar-refractivity contribution in [3.63, 3.8) is 0 Å². The number of carbonyl (C=O) groups is 1. The van der Waals surface area contributed by atoms with Gasteiger partial charge in [0.1, 0.15) is 6.61 Å². The van der Waals surface area contributed by atoms with E-state index in [0.717, 1.165) is 16.7 Å². The molecule has 0 saturated heterocycles. The molecule has 0 amide bonds. The Morgan fingerprint density at radius 1 is 1.35 bits per heavy atom. The van der Waals surface area contributed by atoms with Gasteiger partial charge in [0.25, 0.3) is 0 Å². The van der Waals surface area contributed by atoms with Crippen molar-refractivity contribution in [1.29, 1.82) is 0 Å². The predicted octanol–water partition coefficient (Wildman–Crippen LogP) is 3.59. The van der Waals surface area contributed by atoms with Crippen LogP contribution in [0.25, 0.3) is 0 Å². The SMILES string of the molecule is Cc1c(CC(O)CO[Si](C)(C)C(C)(C)C)ccc2c1COC2=O. The third-order valence-electron chi connectivity index (χ3n) is 5.18. The van der Waals surface area contributed by atoms with Crippen molar-refractivity contribution in [3.05, 3.63) is 34.4 Å². The van der Waals surface area contributed by atoms with Crippen molar-refractivity contribution < 1.29 is 19.1 Å². The van der Waals surface area contributed by atoms with E-state index in [1.807, 2.05) is 13.0 Å². The van der Waals surface area contributed by atoms with Gasteiger partial charge in [-0.15, -0.1) is 0 Å². The first kappa shape index (κ1) is 18.2. The van der Waals surface area contributed by atoms with Crippen molar-refractivity contribution in [2.75, 3.05) is 6.61 Å². The lowest BCUT2D eigenvalue weighted by Crippen LogP contribution is -2.42. The first-order valence-electron chi connectivity index (χ1n) is 8.13. The van der Waals surface area contributed by atoms with Crippen LogP contribution < -0.4 is 0 Å². The third-order valence-corrected chi connectivity index (χ3v) is 9.68. The van der Waals surface area contributed by atoms with Crippen LogP contribution in [-0.4, -0.2) is 32.1 Å². The molecule has 4 nitrogen and oxygen atoms in total. The van der Waals surface area contributed by atoms with E-state index in [2.05, 4.69) is 33.9 Å². The fourth-order valence-electron chi connectivity index (χ4n) is 2.45. The molecule has 1 aliphatic heterocycles. The number of aliphatic hydroxyl groups excluding tert-OH is 1. The Labute approximate surface area is 139 Å². The van der Waals surface area contributed by atoms with Crippen molar-refractivity contribution in [1.82, 2.24) is 0 Å². The Hall–Kier alpha value is -1.17. The van der Waals surface area contributed by atoms with Crippen LogP contribution in [0.2, 0.25) is 18.1 Å². The van der Waals surface area contributed by atoms with Gasteiger partial charge in [0.05, 0.1) is 18.3 Å². The minimum Gasteiger partial charge on any atom is -0.457 e. The number of carbonyl (C=O) groups excluding carboxylic acids is 1. The van der Waals surface area contributed by atoms with E-state index in [9.17, 15) is 9.90 Å². The molecule has 1 aromatic rings. The fraction of sp³-hybridized carbons (Fsp3) is 0.611. The molecule has 1 aliphatic rings. The monoisotopic (exact) mass is 336 g/mol. The van der Waals surface area contributed by atoms with Crippen molar-refractivity contribution in [3.8, 4) is 0 Å². The van der Waals surface area contributed by atoms with Crippen LogP contribution in [0, 0.1) is 6.92 Å². The summed E-state index contributed by atoms with van der Waals surface area (Å²) in [5.41, 5.74) is 3.69. The molecule has 0 radical (unpaired) electrons. The second-order valence-electron chi connectivity index (χ2n) is 7.88. The number of hydrogen-bond acceptors (Lipinski definition) is 4. The van der Waals surface area contributed by atoms with Crippen molar-refractivity contribution >= 4 is 14.3 Å². The van der Waals surface area contributed by atoms with E-state index in [1.54, 1.807) is 6.07 Å². The van der Waals surface area contributed by atoms with Crippen LogP contribution in [0.5, 0.6) is 0 Å². The maximum absolute atomic E-state index is 11.6. The Balaban J connectivity index is 2.02. The molecule has 1 atom stereocenters. The van der Waals surface area contributed by atoms with Crippen LogP contribution in [0.1, 0.15) is 47.8 Å². The first-order valence-corrected chi connectivity index (χ1v) is 11.0. The van der Waals surface area contributed by atoms with Gasteiger partial charge in [-0.1, -0.05) is 26.8 Å². The Morgan fingerprint density at radius 2 is 2.00 bits per heavy atom. The maximum atomic E-state index is 11.6. The van der Waals surface area contributed by atoms with E-state index in [-0.39, 0.29) is 11.0 Å². The molecule has 0 aromatic heterocycles. The zero-order valence-corrected chi connectivity index (χ0v) is 16.0. The summed E-state index contributed by atoms with van der Waals surface area (Å²) in [6.07, 6.45) is -0.0130. The number of rotatable bonds is 5.